The third-order valence-corrected chi connectivity index (χ3v) is 2.76. The van der Waals surface area contributed by atoms with Crippen LogP contribution in [0, 0.1) is 0 Å². The molecule has 146 valence electrons. The third-order valence-electron chi connectivity index (χ3n) is 2.76. The molecule has 1 aromatic heterocycles. The molecule has 27 heavy (non-hydrogen) atoms. The summed E-state index contributed by atoms with van der Waals surface area (Å²) in [5, 5.41) is 8.24. The maximum atomic E-state index is 11.8. The van der Waals surface area contributed by atoms with Crippen LogP contribution in [0.4, 0.5) is 21.1 Å². The van der Waals surface area contributed by atoms with Gasteiger partial charge in [-0.25, -0.2) is 31.2 Å². The Kier molecular flexibility index (Phi) is 6.96. The van der Waals surface area contributed by atoms with Crippen molar-refractivity contribution < 1.29 is 29.0 Å². The fourth-order valence-electron chi connectivity index (χ4n) is 1.71. The smallest absolute Gasteiger partial charge is 0.430 e. The lowest BCUT2D eigenvalue weighted by Crippen LogP contribution is -2.42. The molecule has 2 rings (SSSR count). The van der Waals surface area contributed by atoms with E-state index in [4.69, 9.17) is 20.5 Å². The zero-order valence-corrected chi connectivity index (χ0v) is 14.9. The lowest BCUT2D eigenvalue weighted by molar-refractivity contribution is -0.120. The molecular formula is C15H20N6O6. The van der Waals surface area contributed by atoms with Crippen LogP contribution in [-0.4, -0.2) is 39.7 Å². The molecule has 0 atom stereocenters. The fourth-order valence-corrected chi connectivity index (χ4v) is 1.71. The molecule has 12 nitrogen and oxygen atoms in total. The second-order valence-electron chi connectivity index (χ2n) is 6.02. The average Bonchev–Trinajstić information content (AvgIpc) is 2.92. The lowest BCUT2D eigenvalue weighted by Gasteiger charge is -2.23. The number of ether oxygens (including phenoxy) is 1. The number of rotatable bonds is 2. The van der Waals surface area contributed by atoms with E-state index in [1.807, 2.05) is 0 Å². The van der Waals surface area contributed by atoms with Gasteiger partial charge in [-0.2, -0.15) is 5.01 Å². The summed E-state index contributed by atoms with van der Waals surface area (Å²) in [6.07, 6.45) is 1.65. The molecule has 0 fully saturated rings. The van der Waals surface area contributed by atoms with Crippen LogP contribution in [0.15, 0.2) is 30.5 Å². The molecule has 1 aromatic rings. The first-order valence-corrected chi connectivity index (χ1v) is 7.46. The standard InChI is InChI=1S/C14H16N4O4.CH4N2O2/c1-14(2,3)22-13(21)18(15)10-5-4-9(8-16-10)17-11(19)6-7-12(17)20;2-3-1(4)5/h4-8H,15H2,1-3H3;3H,2H2,(H,4,5). The van der Waals surface area contributed by atoms with Gasteiger partial charge < -0.3 is 9.84 Å². The minimum Gasteiger partial charge on any atom is -0.464 e. The van der Waals surface area contributed by atoms with Crippen molar-refractivity contribution in [3.63, 3.8) is 0 Å². The van der Waals surface area contributed by atoms with Gasteiger partial charge in [0.25, 0.3) is 11.8 Å². The largest absolute Gasteiger partial charge is 0.464 e. The summed E-state index contributed by atoms with van der Waals surface area (Å²) in [5.74, 6) is 9.20. The predicted octanol–water partition coefficient (Wildman–Crippen LogP) is 0.254. The Morgan fingerprint density at radius 2 is 1.74 bits per heavy atom. The molecule has 0 radical (unpaired) electrons. The lowest BCUT2D eigenvalue weighted by atomic mass is 10.2. The van der Waals surface area contributed by atoms with Gasteiger partial charge in [0.15, 0.2) is 5.82 Å². The van der Waals surface area contributed by atoms with E-state index in [2.05, 4.69) is 10.8 Å². The van der Waals surface area contributed by atoms with E-state index >= 15 is 0 Å². The molecule has 2 heterocycles. The highest BCUT2D eigenvalue weighted by atomic mass is 16.6. The SMILES string of the molecule is CC(C)(C)OC(=O)N(N)c1ccc(N2C(=O)C=CC2=O)cn1.NNC(=O)O. The van der Waals surface area contributed by atoms with Crippen molar-refractivity contribution in [2.24, 2.45) is 11.7 Å². The monoisotopic (exact) mass is 380 g/mol. The number of anilines is 2. The van der Waals surface area contributed by atoms with Crippen LogP contribution in [0.3, 0.4) is 0 Å². The molecule has 0 saturated carbocycles. The van der Waals surface area contributed by atoms with Gasteiger partial charge in [0.05, 0.1) is 11.9 Å². The minimum atomic E-state index is -1.22. The second-order valence-corrected chi connectivity index (χ2v) is 6.02. The quantitative estimate of drug-likeness (QED) is 0.242. The molecule has 6 N–H and O–H groups in total. The molecule has 0 unspecified atom stereocenters. The topological polar surface area (TPSA) is 181 Å². The van der Waals surface area contributed by atoms with Crippen molar-refractivity contribution in [1.82, 2.24) is 10.4 Å². The molecule has 4 amide bonds. The number of hydrogen-bond acceptors (Lipinski definition) is 8. The Hall–Kier alpha value is -3.51. The molecule has 1 aliphatic rings. The van der Waals surface area contributed by atoms with Crippen molar-refractivity contribution in [2.45, 2.75) is 26.4 Å². The van der Waals surface area contributed by atoms with Gasteiger partial charge in [-0.05, 0) is 32.9 Å². The van der Waals surface area contributed by atoms with Crippen LogP contribution in [0.2, 0.25) is 0 Å². The summed E-state index contributed by atoms with van der Waals surface area (Å²) in [7, 11) is 0. The van der Waals surface area contributed by atoms with E-state index in [0.29, 0.717) is 5.69 Å². The Labute approximate surface area is 154 Å². The molecule has 1 aliphatic heterocycles. The molecule has 0 saturated heterocycles. The normalized spacial score (nSPS) is 13.0. The number of nitrogens with one attached hydrogen (secondary N) is 1. The van der Waals surface area contributed by atoms with Crippen LogP contribution in [0.5, 0.6) is 0 Å². The zero-order chi connectivity index (χ0) is 20.8. The maximum absolute atomic E-state index is 11.8. The number of aromatic nitrogens is 1. The maximum Gasteiger partial charge on any atom is 0.430 e. The number of amides is 4. The van der Waals surface area contributed by atoms with Crippen molar-refractivity contribution >= 4 is 35.5 Å². The number of carbonyl (C=O) groups is 4. The Bertz CT molecular complexity index is 737. The van der Waals surface area contributed by atoms with Gasteiger partial charge in [-0.3, -0.25) is 15.0 Å². The predicted molar refractivity (Wildman–Crippen MR) is 94.1 cm³/mol. The number of nitrogens with two attached hydrogens (primary N) is 2. The van der Waals surface area contributed by atoms with Crippen molar-refractivity contribution in [1.29, 1.82) is 0 Å². The number of hydrazine groups is 2. The minimum absolute atomic E-state index is 0.130. The van der Waals surface area contributed by atoms with Crippen molar-refractivity contribution in [3.05, 3.63) is 30.5 Å². The molecule has 12 heteroatoms. The first kappa shape index (κ1) is 21.5. The van der Waals surface area contributed by atoms with Crippen LogP contribution < -0.4 is 27.0 Å². The number of carbonyl (C=O) groups excluding carboxylic acids is 3. The summed E-state index contributed by atoms with van der Waals surface area (Å²) < 4.78 is 5.11. The summed E-state index contributed by atoms with van der Waals surface area (Å²) in [5.41, 5.74) is 1.05. The third kappa shape index (κ3) is 6.37. The Morgan fingerprint density at radius 1 is 1.22 bits per heavy atom. The van der Waals surface area contributed by atoms with Crippen LogP contribution in [0.25, 0.3) is 0 Å². The summed E-state index contributed by atoms with van der Waals surface area (Å²) in [4.78, 5) is 49.0. The Morgan fingerprint density at radius 3 is 2.11 bits per heavy atom. The summed E-state index contributed by atoms with van der Waals surface area (Å²) >= 11 is 0. The van der Waals surface area contributed by atoms with Crippen molar-refractivity contribution in [3.8, 4) is 0 Å². The van der Waals surface area contributed by atoms with E-state index in [0.717, 1.165) is 9.91 Å². The number of nitrogens with zero attached hydrogens (tertiary/aromatic N) is 3. The molecule has 0 aromatic carbocycles. The number of carboxylic acid groups (broad SMARTS) is 1. The fraction of sp³-hybridized carbons (Fsp3) is 0.267. The van der Waals surface area contributed by atoms with E-state index in [1.165, 1.54) is 35.9 Å². The van der Waals surface area contributed by atoms with Crippen molar-refractivity contribution in [2.75, 3.05) is 9.91 Å². The molecule has 0 spiro atoms. The van der Waals surface area contributed by atoms with Gasteiger partial charge in [0.1, 0.15) is 5.60 Å². The number of hydrogen-bond donors (Lipinski definition) is 4. The highest BCUT2D eigenvalue weighted by Crippen LogP contribution is 2.20. The molecule has 0 bridgehead atoms. The zero-order valence-electron chi connectivity index (χ0n) is 14.9. The van der Waals surface area contributed by atoms with E-state index in [1.54, 1.807) is 20.8 Å². The van der Waals surface area contributed by atoms with Crippen LogP contribution in [0.1, 0.15) is 20.8 Å². The van der Waals surface area contributed by atoms with Crippen LogP contribution in [-0.2, 0) is 14.3 Å². The first-order valence-electron chi connectivity index (χ1n) is 7.46. The molecular weight excluding hydrogens is 360 g/mol. The first-order chi connectivity index (χ1) is 12.5. The van der Waals surface area contributed by atoms with Gasteiger partial charge in [-0.15, -0.1) is 0 Å². The van der Waals surface area contributed by atoms with E-state index < -0.39 is 29.6 Å². The van der Waals surface area contributed by atoms with Gasteiger partial charge in [0.2, 0.25) is 0 Å². The van der Waals surface area contributed by atoms with Crippen LogP contribution >= 0.6 is 0 Å². The average molecular weight is 380 g/mol. The highest BCUT2D eigenvalue weighted by Gasteiger charge is 2.26. The van der Waals surface area contributed by atoms with Gasteiger partial charge >= 0.3 is 12.2 Å². The highest BCUT2D eigenvalue weighted by molar-refractivity contribution is 6.28. The van der Waals surface area contributed by atoms with Gasteiger partial charge in [0, 0.05) is 12.2 Å². The number of imide groups is 1. The Balaban J connectivity index is 0.000000646. The number of pyridine rings is 1. The van der Waals surface area contributed by atoms with E-state index in [9.17, 15) is 14.4 Å². The molecule has 0 aliphatic carbocycles. The van der Waals surface area contributed by atoms with Gasteiger partial charge in [-0.1, -0.05) is 0 Å². The summed E-state index contributed by atoms with van der Waals surface area (Å²) in [6.45, 7) is 5.15. The van der Waals surface area contributed by atoms with E-state index in [-0.39, 0.29) is 5.82 Å². The second kappa shape index (κ2) is 8.73. The summed E-state index contributed by atoms with van der Waals surface area (Å²) in [6, 6.07) is 2.88.